The molecule has 0 amide bonds. The summed E-state index contributed by atoms with van der Waals surface area (Å²) in [5, 5.41) is 12.4. The van der Waals surface area contributed by atoms with Crippen molar-refractivity contribution in [3.05, 3.63) is 41.2 Å². The highest BCUT2D eigenvalue weighted by Gasteiger charge is 2.31. The van der Waals surface area contributed by atoms with E-state index in [1.165, 1.54) is 12.8 Å². The topological polar surface area (TPSA) is 62.2 Å². The number of fused-ring (bicyclic) bond motifs is 1. The lowest BCUT2D eigenvalue weighted by atomic mass is 10.1. The van der Waals surface area contributed by atoms with E-state index >= 15 is 0 Å². The van der Waals surface area contributed by atoms with Crippen LogP contribution in [-0.2, 0) is 11.2 Å². The molecule has 1 aliphatic heterocycles. The van der Waals surface area contributed by atoms with Crippen molar-refractivity contribution in [2.24, 2.45) is 0 Å². The number of aryl methyl sites for hydroxylation is 1. The molecule has 0 radical (unpaired) electrons. The summed E-state index contributed by atoms with van der Waals surface area (Å²) in [6.45, 7) is 6.68. The standard InChI is InChI=1S/C22H25N5OS/c1-15-24-25-22(29-15)16-2-3-17-13-23-19(11-18(17)10-16)12-21(28)14-26-6-8-27(9-7-26)20-4-5-20/h2-3,10-11,13,20H,4-9,12,14H2,1H3. The zero-order chi connectivity index (χ0) is 19.8. The van der Waals surface area contributed by atoms with Crippen molar-refractivity contribution < 1.29 is 4.79 Å². The molecule has 3 heterocycles. The molecule has 1 saturated carbocycles. The lowest BCUT2D eigenvalue weighted by Crippen LogP contribution is -2.48. The molecule has 3 aromatic rings. The molecule has 2 fully saturated rings. The maximum atomic E-state index is 12.6. The lowest BCUT2D eigenvalue weighted by molar-refractivity contribution is -0.120. The minimum absolute atomic E-state index is 0.243. The third-order valence-corrected chi connectivity index (χ3v) is 6.69. The van der Waals surface area contributed by atoms with Crippen molar-refractivity contribution in [3.63, 3.8) is 0 Å². The SMILES string of the molecule is Cc1nnc(-c2ccc3cnc(CC(=O)CN4CCN(C5CC5)CC4)cc3c2)s1. The molecule has 2 aliphatic rings. The Balaban J connectivity index is 1.24. The van der Waals surface area contributed by atoms with Crippen LogP contribution in [0.4, 0.5) is 0 Å². The van der Waals surface area contributed by atoms with Crippen LogP contribution in [0.5, 0.6) is 0 Å². The first-order valence-corrected chi connectivity index (χ1v) is 11.1. The van der Waals surface area contributed by atoms with E-state index < -0.39 is 0 Å². The van der Waals surface area contributed by atoms with Crippen molar-refractivity contribution in [3.8, 4) is 10.6 Å². The van der Waals surface area contributed by atoms with E-state index in [2.05, 4.69) is 43.2 Å². The van der Waals surface area contributed by atoms with Crippen molar-refractivity contribution in [1.29, 1.82) is 0 Å². The molecule has 5 rings (SSSR count). The van der Waals surface area contributed by atoms with E-state index in [0.717, 1.165) is 64.3 Å². The number of ketones is 1. The Morgan fingerprint density at radius 2 is 1.93 bits per heavy atom. The van der Waals surface area contributed by atoms with Crippen molar-refractivity contribution in [2.45, 2.75) is 32.2 Å². The molecule has 6 nitrogen and oxygen atoms in total. The normalized spacial score (nSPS) is 18.4. The number of Topliss-reactive ketones (excluding diaryl/α,β-unsaturated/α-hetero) is 1. The van der Waals surface area contributed by atoms with E-state index in [4.69, 9.17) is 0 Å². The van der Waals surface area contributed by atoms with E-state index in [1.807, 2.05) is 19.2 Å². The highest BCUT2D eigenvalue weighted by atomic mass is 32.1. The van der Waals surface area contributed by atoms with Crippen molar-refractivity contribution >= 4 is 27.9 Å². The van der Waals surface area contributed by atoms with Crippen LogP contribution in [0.2, 0.25) is 0 Å². The molecule has 1 aliphatic carbocycles. The molecule has 7 heteroatoms. The summed E-state index contributed by atoms with van der Waals surface area (Å²) >= 11 is 1.59. The molecule has 1 aromatic carbocycles. The first-order chi connectivity index (χ1) is 14.1. The van der Waals surface area contributed by atoms with E-state index in [0.29, 0.717) is 13.0 Å². The summed E-state index contributed by atoms with van der Waals surface area (Å²) in [5.74, 6) is 0.243. The minimum atomic E-state index is 0.243. The van der Waals surface area contributed by atoms with Gasteiger partial charge in [0.25, 0.3) is 0 Å². The highest BCUT2D eigenvalue weighted by molar-refractivity contribution is 7.14. The average Bonchev–Trinajstić information content (AvgIpc) is 3.48. The molecule has 2 aromatic heterocycles. The zero-order valence-corrected chi connectivity index (χ0v) is 17.5. The summed E-state index contributed by atoms with van der Waals surface area (Å²) in [4.78, 5) is 22.0. The van der Waals surface area contributed by atoms with Gasteiger partial charge in [-0.25, -0.2) is 0 Å². The molecule has 150 valence electrons. The minimum Gasteiger partial charge on any atom is -0.298 e. The van der Waals surface area contributed by atoms with Gasteiger partial charge in [-0.05, 0) is 37.3 Å². The van der Waals surface area contributed by atoms with E-state index in [-0.39, 0.29) is 5.78 Å². The molecule has 1 saturated heterocycles. The van der Waals surface area contributed by atoms with Gasteiger partial charge in [0.05, 0.1) is 13.0 Å². The van der Waals surface area contributed by atoms with Gasteiger partial charge < -0.3 is 0 Å². The van der Waals surface area contributed by atoms with Gasteiger partial charge in [0.2, 0.25) is 0 Å². The van der Waals surface area contributed by atoms with Crippen LogP contribution in [0.1, 0.15) is 23.5 Å². The molecular weight excluding hydrogens is 382 g/mol. The second-order valence-corrected chi connectivity index (χ2v) is 9.30. The number of carbonyl (C=O) groups excluding carboxylic acids is 1. The number of benzene rings is 1. The summed E-state index contributed by atoms with van der Waals surface area (Å²) in [7, 11) is 0. The van der Waals surface area contributed by atoms with Crippen LogP contribution in [-0.4, -0.2) is 69.5 Å². The second-order valence-electron chi connectivity index (χ2n) is 8.12. The molecule has 0 atom stereocenters. The third-order valence-electron chi connectivity index (χ3n) is 5.80. The van der Waals surface area contributed by atoms with Crippen LogP contribution in [0.15, 0.2) is 30.5 Å². The summed E-state index contributed by atoms with van der Waals surface area (Å²) in [5.41, 5.74) is 1.89. The predicted octanol–water partition coefficient (Wildman–Crippen LogP) is 2.95. The summed E-state index contributed by atoms with van der Waals surface area (Å²) in [6, 6.07) is 9.08. The molecule has 29 heavy (non-hydrogen) atoms. The van der Waals surface area contributed by atoms with Gasteiger partial charge in [0.1, 0.15) is 10.0 Å². The average molecular weight is 408 g/mol. The van der Waals surface area contributed by atoms with Gasteiger partial charge in [-0.2, -0.15) is 0 Å². The van der Waals surface area contributed by atoms with Gasteiger partial charge >= 0.3 is 0 Å². The maximum absolute atomic E-state index is 12.6. The Kier molecular flexibility index (Phi) is 5.11. The van der Waals surface area contributed by atoms with Crippen LogP contribution in [0.25, 0.3) is 21.3 Å². The number of aromatic nitrogens is 3. The van der Waals surface area contributed by atoms with Gasteiger partial charge in [0, 0.05) is 55.1 Å². The highest BCUT2D eigenvalue weighted by Crippen LogP contribution is 2.28. The molecule has 0 unspecified atom stereocenters. The van der Waals surface area contributed by atoms with Crippen LogP contribution in [0, 0.1) is 6.92 Å². The Morgan fingerprint density at radius 1 is 1.10 bits per heavy atom. The largest absolute Gasteiger partial charge is 0.298 e. The first-order valence-electron chi connectivity index (χ1n) is 10.3. The third kappa shape index (κ3) is 4.37. The van der Waals surface area contributed by atoms with Crippen LogP contribution < -0.4 is 0 Å². The fourth-order valence-corrected chi connectivity index (χ4v) is 4.75. The maximum Gasteiger partial charge on any atom is 0.152 e. The van der Waals surface area contributed by atoms with Gasteiger partial charge in [-0.1, -0.05) is 23.5 Å². The van der Waals surface area contributed by atoms with Gasteiger partial charge in [0.15, 0.2) is 5.78 Å². The van der Waals surface area contributed by atoms with Crippen molar-refractivity contribution in [2.75, 3.05) is 32.7 Å². The Morgan fingerprint density at radius 3 is 2.66 bits per heavy atom. The second kappa shape index (κ2) is 7.89. The number of hydrogen-bond acceptors (Lipinski definition) is 7. The van der Waals surface area contributed by atoms with Crippen molar-refractivity contribution in [1.82, 2.24) is 25.0 Å². The molecule has 0 N–H and O–H groups in total. The quantitative estimate of drug-likeness (QED) is 0.626. The van der Waals surface area contributed by atoms with Crippen LogP contribution in [0.3, 0.4) is 0 Å². The number of pyridine rings is 1. The van der Waals surface area contributed by atoms with Gasteiger partial charge in [-0.3, -0.25) is 19.6 Å². The predicted molar refractivity (Wildman–Crippen MR) is 115 cm³/mol. The monoisotopic (exact) mass is 407 g/mol. The lowest BCUT2D eigenvalue weighted by Gasteiger charge is -2.34. The van der Waals surface area contributed by atoms with Gasteiger partial charge in [-0.15, -0.1) is 10.2 Å². The smallest absolute Gasteiger partial charge is 0.152 e. The Bertz CT molecular complexity index is 1040. The molecular formula is C22H25N5OS. The first kappa shape index (κ1) is 18.8. The number of carbonyl (C=O) groups is 1. The zero-order valence-electron chi connectivity index (χ0n) is 16.7. The summed E-state index contributed by atoms with van der Waals surface area (Å²) in [6.07, 6.45) is 4.96. The molecule has 0 spiro atoms. The fraction of sp³-hybridized carbons (Fsp3) is 0.455. The van der Waals surface area contributed by atoms with Crippen LogP contribution >= 0.6 is 11.3 Å². The molecule has 0 bridgehead atoms. The Hall–Kier alpha value is -2.22. The Labute approximate surface area is 174 Å². The number of rotatable bonds is 6. The fourth-order valence-electron chi connectivity index (χ4n) is 4.06. The summed E-state index contributed by atoms with van der Waals surface area (Å²) < 4.78 is 0. The number of hydrogen-bond donors (Lipinski definition) is 0. The number of piperazine rings is 1. The van der Waals surface area contributed by atoms with E-state index in [1.54, 1.807) is 11.3 Å². The number of nitrogens with zero attached hydrogens (tertiary/aromatic N) is 5. The van der Waals surface area contributed by atoms with E-state index in [9.17, 15) is 4.79 Å².